The zero-order chi connectivity index (χ0) is 15.9. The van der Waals surface area contributed by atoms with Crippen LogP contribution in [0.25, 0.3) is 11.3 Å². The first kappa shape index (κ1) is 15.7. The lowest BCUT2D eigenvalue weighted by Crippen LogP contribution is -2.06. The number of rotatable bonds is 1. The van der Waals surface area contributed by atoms with Gasteiger partial charge < -0.3 is 10.8 Å². The van der Waals surface area contributed by atoms with Gasteiger partial charge in [-0.2, -0.15) is 13.2 Å². The monoisotopic (exact) mass is 340 g/mol. The number of benzene rings is 1. The maximum atomic E-state index is 13.9. The fourth-order valence-electron chi connectivity index (χ4n) is 1.65. The smallest absolute Gasteiger partial charge is 0.417 e. The van der Waals surface area contributed by atoms with Crippen LogP contribution in [0, 0.1) is 5.82 Å². The molecule has 1 aromatic carbocycles. The molecular formula is C12H6Cl2F4N2O. The van der Waals surface area contributed by atoms with Crippen molar-refractivity contribution in [3.8, 4) is 17.0 Å². The molecule has 0 fully saturated rings. The molecule has 21 heavy (non-hydrogen) atoms. The average molecular weight is 341 g/mol. The van der Waals surface area contributed by atoms with Crippen molar-refractivity contribution >= 4 is 28.9 Å². The highest BCUT2D eigenvalue weighted by Crippen LogP contribution is 2.42. The molecule has 3 N–H and O–H groups in total. The van der Waals surface area contributed by atoms with Crippen molar-refractivity contribution in [3.05, 3.63) is 39.8 Å². The van der Waals surface area contributed by atoms with Crippen LogP contribution in [0.1, 0.15) is 5.56 Å². The Bertz CT molecular complexity index is 719. The third-order valence-electron chi connectivity index (χ3n) is 2.65. The van der Waals surface area contributed by atoms with E-state index in [1.165, 1.54) is 0 Å². The van der Waals surface area contributed by atoms with Crippen LogP contribution in [0.4, 0.5) is 23.2 Å². The van der Waals surface area contributed by atoms with E-state index in [0.29, 0.717) is 12.3 Å². The van der Waals surface area contributed by atoms with E-state index in [-0.39, 0.29) is 10.7 Å². The molecular weight excluding hydrogens is 335 g/mol. The molecule has 2 rings (SSSR count). The Morgan fingerprint density at radius 2 is 1.76 bits per heavy atom. The highest BCUT2D eigenvalue weighted by atomic mass is 35.5. The second-order valence-electron chi connectivity index (χ2n) is 4.03. The van der Waals surface area contributed by atoms with Crippen molar-refractivity contribution in [2.75, 3.05) is 5.73 Å². The summed E-state index contributed by atoms with van der Waals surface area (Å²) in [6.07, 6.45) is -4.15. The van der Waals surface area contributed by atoms with E-state index in [9.17, 15) is 22.7 Å². The van der Waals surface area contributed by atoms with Gasteiger partial charge in [-0.25, -0.2) is 4.39 Å². The Morgan fingerprint density at radius 3 is 2.29 bits per heavy atom. The van der Waals surface area contributed by atoms with Gasteiger partial charge in [0.05, 0.1) is 32.6 Å². The maximum absolute atomic E-state index is 13.9. The summed E-state index contributed by atoms with van der Waals surface area (Å²) in [5, 5.41) is 8.78. The minimum Gasteiger partial charge on any atom is -0.504 e. The minimum atomic E-state index is -4.64. The van der Waals surface area contributed by atoms with Crippen molar-refractivity contribution in [1.82, 2.24) is 4.98 Å². The van der Waals surface area contributed by atoms with Crippen molar-refractivity contribution in [3.63, 3.8) is 0 Å². The van der Waals surface area contributed by atoms with Gasteiger partial charge >= 0.3 is 6.18 Å². The Hall–Kier alpha value is -1.73. The number of aromatic hydroxyl groups is 1. The van der Waals surface area contributed by atoms with E-state index in [2.05, 4.69) is 4.98 Å². The minimum absolute atomic E-state index is 0.327. The highest BCUT2D eigenvalue weighted by molar-refractivity contribution is 6.34. The lowest BCUT2D eigenvalue weighted by atomic mass is 10.1. The molecule has 0 aliphatic rings. The third-order valence-corrected chi connectivity index (χ3v) is 3.22. The molecule has 9 heteroatoms. The number of alkyl halides is 3. The van der Waals surface area contributed by atoms with Gasteiger partial charge in [-0.1, -0.05) is 23.2 Å². The van der Waals surface area contributed by atoms with E-state index in [1.54, 1.807) is 0 Å². The molecule has 0 amide bonds. The zero-order valence-corrected chi connectivity index (χ0v) is 11.5. The molecule has 0 saturated carbocycles. The number of nitrogens with two attached hydrogens (primary N) is 1. The Labute approximate surface area is 125 Å². The summed E-state index contributed by atoms with van der Waals surface area (Å²) in [5.74, 6) is -1.57. The number of nitrogen functional groups attached to an aromatic ring is 1. The fourth-order valence-corrected chi connectivity index (χ4v) is 2.10. The standard InChI is InChI=1S/C12H6Cl2F4N2O/c13-5-1-4(12(16,17)18)3-20-10(5)8-7(15)2-6(14)11(21)9(8)19/h1-3,21H,19H2. The van der Waals surface area contributed by atoms with E-state index < -0.39 is 39.6 Å². The maximum Gasteiger partial charge on any atom is 0.417 e. The van der Waals surface area contributed by atoms with Crippen LogP contribution in [-0.2, 0) is 6.18 Å². The van der Waals surface area contributed by atoms with Crippen LogP contribution in [0.2, 0.25) is 10.0 Å². The van der Waals surface area contributed by atoms with Crippen LogP contribution < -0.4 is 5.73 Å². The molecule has 0 atom stereocenters. The molecule has 0 bridgehead atoms. The number of phenols is 1. The molecule has 2 aromatic rings. The SMILES string of the molecule is Nc1c(O)c(Cl)cc(F)c1-c1ncc(C(F)(F)F)cc1Cl. The molecule has 0 saturated heterocycles. The summed E-state index contributed by atoms with van der Waals surface area (Å²) in [7, 11) is 0. The Kier molecular flexibility index (Phi) is 3.90. The van der Waals surface area contributed by atoms with Crippen molar-refractivity contribution < 1.29 is 22.7 Å². The number of pyridine rings is 1. The van der Waals surface area contributed by atoms with Crippen LogP contribution in [0.15, 0.2) is 18.3 Å². The molecule has 1 aromatic heterocycles. The summed E-state index contributed by atoms with van der Waals surface area (Å²) < 4.78 is 51.5. The quantitative estimate of drug-likeness (QED) is 0.456. The van der Waals surface area contributed by atoms with Gasteiger partial charge in [-0.05, 0) is 12.1 Å². The van der Waals surface area contributed by atoms with Crippen molar-refractivity contribution in [2.45, 2.75) is 6.18 Å². The molecule has 0 unspecified atom stereocenters. The first-order valence-electron chi connectivity index (χ1n) is 5.32. The number of halogens is 6. The summed E-state index contributed by atoms with van der Waals surface area (Å²) in [4.78, 5) is 3.48. The number of nitrogens with zero attached hydrogens (tertiary/aromatic N) is 1. The second kappa shape index (κ2) is 5.23. The van der Waals surface area contributed by atoms with Gasteiger partial charge in [0.1, 0.15) is 5.82 Å². The first-order chi connectivity index (χ1) is 9.62. The number of aromatic nitrogens is 1. The molecule has 0 spiro atoms. The Morgan fingerprint density at radius 1 is 1.14 bits per heavy atom. The largest absolute Gasteiger partial charge is 0.504 e. The van der Waals surface area contributed by atoms with Crippen LogP contribution in [0.3, 0.4) is 0 Å². The van der Waals surface area contributed by atoms with Gasteiger partial charge in [0, 0.05) is 6.20 Å². The van der Waals surface area contributed by atoms with E-state index in [1.807, 2.05) is 0 Å². The van der Waals surface area contributed by atoms with Crippen LogP contribution in [0.5, 0.6) is 5.75 Å². The lowest BCUT2D eigenvalue weighted by Gasteiger charge is -2.13. The third kappa shape index (κ3) is 2.84. The van der Waals surface area contributed by atoms with Gasteiger partial charge in [-0.15, -0.1) is 0 Å². The predicted molar refractivity (Wildman–Crippen MR) is 70.7 cm³/mol. The molecule has 112 valence electrons. The predicted octanol–water partition coefficient (Wildman–Crippen LogP) is 4.50. The molecule has 0 aliphatic heterocycles. The van der Waals surface area contributed by atoms with Gasteiger partial charge in [0.2, 0.25) is 0 Å². The van der Waals surface area contributed by atoms with Crippen molar-refractivity contribution in [2.24, 2.45) is 0 Å². The number of anilines is 1. The molecule has 3 nitrogen and oxygen atoms in total. The average Bonchev–Trinajstić information content (AvgIpc) is 2.37. The zero-order valence-electron chi connectivity index (χ0n) is 9.97. The van der Waals surface area contributed by atoms with Crippen LogP contribution in [-0.4, -0.2) is 10.1 Å². The summed E-state index contributed by atoms with van der Waals surface area (Å²) in [6.45, 7) is 0. The lowest BCUT2D eigenvalue weighted by molar-refractivity contribution is -0.137. The topological polar surface area (TPSA) is 59.1 Å². The van der Waals surface area contributed by atoms with Gasteiger partial charge in [0.25, 0.3) is 0 Å². The first-order valence-corrected chi connectivity index (χ1v) is 6.08. The Balaban J connectivity index is 2.67. The van der Waals surface area contributed by atoms with Crippen LogP contribution >= 0.6 is 23.2 Å². The van der Waals surface area contributed by atoms with Crippen molar-refractivity contribution in [1.29, 1.82) is 0 Å². The highest BCUT2D eigenvalue weighted by Gasteiger charge is 2.32. The van der Waals surface area contributed by atoms with E-state index in [4.69, 9.17) is 28.9 Å². The van der Waals surface area contributed by atoms with E-state index >= 15 is 0 Å². The fraction of sp³-hybridized carbons (Fsp3) is 0.0833. The van der Waals surface area contributed by atoms with Gasteiger partial charge in [0.15, 0.2) is 5.75 Å². The van der Waals surface area contributed by atoms with Gasteiger partial charge in [-0.3, -0.25) is 4.98 Å². The number of phenolic OH excluding ortho intramolecular Hbond substituents is 1. The molecule has 0 radical (unpaired) electrons. The van der Waals surface area contributed by atoms with E-state index in [0.717, 1.165) is 6.07 Å². The molecule has 1 heterocycles. The second-order valence-corrected chi connectivity index (χ2v) is 4.84. The number of hydrogen-bond donors (Lipinski definition) is 2. The number of hydrogen-bond acceptors (Lipinski definition) is 3. The summed E-state index contributed by atoms with van der Waals surface area (Å²) >= 11 is 11.2. The molecule has 0 aliphatic carbocycles. The summed E-state index contributed by atoms with van der Waals surface area (Å²) in [5.41, 5.74) is 3.21. The summed E-state index contributed by atoms with van der Waals surface area (Å²) in [6, 6.07) is 1.35. The normalized spacial score (nSPS) is 11.7.